The molecular weight excluding hydrogens is 286 g/mol. The molecule has 0 aliphatic rings. The Morgan fingerprint density at radius 3 is 2.77 bits per heavy atom. The first-order valence-electron chi connectivity index (χ1n) is 6.23. The normalized spacial score (nSPS) is 10.8. The van der Waals surface area contributed by atoms with Gasteiger partial charge in [0.25, 0.3) is 5.91 Å². The van der Waals surface area contributed by atoms with E-state index in [1.807, 2.05) is 13.0 Å². The monoisotopic (exact) mass is 297 g/mol. The van der Waals surface area contributed by atoms with Crippen LogP contribution in [-0.2, 0) is 4.79 Å². The maximum Gasteiger partial charge on any atom is 0.433 e. The van der Waals surface area contributed by atoms with E-state index < -0.39 is 16.7 Å². The summed E-state index contributed by atoms with van der Waals surface area (Å²) >= 11 is 0. The quantitative estimate of drug-likeness (QED) is 0.403. The van der Waals surface area contributed by atoms with Crippen molar-refractivity contribution in [3.05, 3.63) is 63.4 Å². The second-order valence-electron chi connectivity index (χ2n) is 4.43. The molecule has 0 spiro atoms. The van der Waals surface area contributed by atoms with Crippen molar-refractivity contribution in [1.82, 2.24) is 0 Å². The average molecular weight is 297 g/mol. The highest BCUT2D eigenvalue weighted by atomic mass is 16.6. The molecule has 0 fully saturated rings. The number of rotatable bonds is 4. The molecule has 0 atom stereocenters. The molecule has 0 radical (unpaired) electrons. The topological polar surface area (TPSA) is 109 Å². The summed E-state index contributed by atoms with van der Waals surface area (Å²) in [5.41, 5.74) is 1.30. The van der Waals surface area contributed by atoms with Crippen LogP contribution in [0.5, 0.6) is 0 Å². The summed E-state index contributed by atoms with van der Waals surface area (Å²) in [6.07, 6.45) is 1.15. The lowest BCUT2D eigenvalue weighted by molar-refractivity contribution is -0.402. The molecule has 0 aliphatic heterocycles. The molecular formula is C15H11N3O4. The van der Waals surface area contributed by atoms with Crippen LogP contribution in [-0.4, -0.2) is 10.8 Å². The van der Waals surface area contributed by atoms with E-state index in [2.05, 4.69) is 5.32 Å². The predicted octanol–water partition coefficient (Wildman–Crippen LogP) is 3.04. The van der Waals surface area contributed by atoms with Crippen molar-refractivity contribution in [3.63, 3.8) is 0 Å². The van der Waals surface area contributed by atoms with Gasteiger partial charge < -0.3 is 9.73 Å². The van der Waals surface area contributed by atoms with Crippen LogP contribution in [0.4, 0.5) is 11.6 Å². The smallest absolute Gasteiger partial charge is 0.401 e. The zero-order chi connectivity index (χ0) is 16.1. The Bertz CT molecular complexity index is 799. The van der Waals surface area contributed by atoms with Gasteiger partial charge in [0, 0.05) is 11.8 Å². The van der Waals surface area contributed by atoms with E-state index in [0.717, 1.165) is 17.7 Å². The van der Waals surface area contributed by atoms with Gasteiger partial charge in [0.05, 0.1) is 6.07 Å². The Morgan fingerprint density at radius 1 is 1.41 bits per heavy atom. The molecule has 1 amide bonds. The number of benzene rings is 1. The largest absolute Gasteiger partial charge is 0.433 e. The third-order valence-electron chi connectivity index (χ3n) is 2.72. The number of hydrogen-bond acceptors (Lipinski definition) is 5. The van der Waals surface area contributed by atoms with Crippen molar-refractivity contribution in [2.24, 2.45) is 0 Å². The van der Waals surface area contributed by atoms with E-state index in [1.165, 1.54) is 6.07 Å². The first-order chi connectivity index (χ1) is 10.5. The second kappa shape index (κ2) is 6.37. The Hall–Kier alpha value is -3.40. The van der Waals surface area contributed by atoms with Gasteiger partial charge in [0.2, 0.25) is 0 Å². The average Bonchev–Trinajstić information content (AvgIpc) is 2.93. The molecule has 2 rings (SSSR count). The summed E-state index contributed by atoms with van der Waals surface area (Å²) in [6, 6.07) is 11.3. The number of nitro groups is 1. The summed E-state index contributed by atoms with van der Waals surface area (Å²) in [5.74, 6) is -1.02. The molecule has 0 saturated carbocycles. The standard InChI is InChI=1S/C15H11N3O4/c1-10-3-2-4-12(7-10)17-15(19)11(9-16)8-13-5-6-14(22-13)18(20)21/h2-8H,1H3,(H,17,19)/b11-8-. The van der Waals surface area contributed by atoms with Gasteiger partial charge in [-0.15, -0.1) is 0 Å². The Balaban J connectivity index is 2.19. The molecule has 1 aromatic carbocycles. The molecule has 7 heteroatoms. The van der Waals surface area contributed by atoms with Crippen molar-refractivity contribution < 1.29 is 14.1 Å². The number of nitrogens with zero attached hydrogens (tertiary/aromatic N) is 2. The zero-order valence-electron chi connectivity index (χ0n) is 11.6. The molecule has 110 valence electrons. The number of aryl methyl sites for hydroxylation is 1. The van der Waals surface area contributed by atoms with Crippen molar-refractivity contribution in [3.8, 4) is 6.07 Å². The number of furan rings is 1. The highest BCUT2D eigenvalue weighted by molar-refractivity contribution is 6.09. The lowest BCUT2D eigenvalue weighted by Crippen LogP contribution is -2.13. The fourth-order valence-electron chi connectivity index (χ4n) is 1.73. The fraction of sp³-hybridized carbons (Fsp3) is 0.0667. The number of carbonyl (C=O) groups excluding carboxylic acids is 1. The summed E-state index contributed by atoms with van der Waals surface area (Å²) < 4.78 is 4.89. The van der Waals surface area contributed by atoms with Gasteiger partial charge in [-0.05, 0) is 30.7 Å². The Labute approximate surface area is 125 Å². The van der Waals surface area contributed by atoms with Crippen LogP contribution >= 0.6 is 0 Å². The van der Waals surface area contributed by atoms with Gasteiger partial charge in [0.15, 0.2) is 0 Å². The first kappa shape index (κ1) is 15.0. The lowest BCUT2D eigenvalue weighted by atomic mass is 10.2. The number of amides is 1. The number of carbonyl (C=O) groups is 1. The van der Waals surface area contributed by atoms with E-state index in [4.69, 9.17) is 9.68 Å². The minimum Gasteiger partial charge on any atom is -0.401 e. The van der Waals surface area contributed by atoms with Gasteiger partial charge in [-0.1, -0.05) is 12.1 Å². The first-order valence-corrected chi connectivity index (χ1v) is 6.23. The molecule has 1 heterocycles. The maximum absolute atomic E-state index is 12.0. The van der Waals surface area contributed by atoms with Crippen LogP contribution in [0.15, 0.2) is 46.4 Å². The van der Waals surface area contributed by atoms with Crippen LogP contribution < -0.4 is 5.32 Å². The number of hydrogen-bond donors (Lipinski definition) is 1. The third kappa shape index (κ3) is 3.58. The summed E-state index contributed by atoms with van der Waals surface area (Å²) in [7, 11) is 0. The van der Waals surface area contributed by atoms with Gasteiger partial charge >= 0.3 is 5.88 Å². The summed E-state index contributed by atoms with van der Waals surface area (Å²) in [5, 5.41) is 22.2. The van der Waals surface area contributed by atoms with Gasteiger partial charge in [-0.3, -0.25) is 14.9 Å². The molecule has 7 nitrogen and oxygen atoms in total. The summed E-state index contributed by atoms with van der Waals surface area (Å²) in [4.78, 5) is 21.8. The minimum atomic E-state index is -0.698. The number of nitriles is 1. The lowest BCUT2D eigenvalue weighted by Gasteiger charge is -2.04. The SMILES string of the molecule is Cc1cccc(NC(=O)/C(C#N)=C\c2ccc([N+](=O)[O-])o2)c1. The molecule has 1 aromatic heterocycles. The van der Waals surface area contributed by atoms with Crippen molar-refractivity contribution in [2.45, 2.75) is 6.92 Å². The highest BCUT2D eigenvalue weighted by Gasteiger charge is 2.14. The minimum absolute atomic E-state index is 0.0580. The predicted molar refractivity (Wildman–Crippen MR) is 78.8 cm³/mol. The molecule has 1 N–H and O–H groups in total. The second-order valence-corrected chi connectivity index (χ2v) is 4.43. The summed E-state index contributed by atoms with van der Waals surface area (Å²) in [6.45, 7) is 1.87. The van der Waals surface area contributed by atoms with Gasteiger partial charge in [-0.25, -0.2) is 0 Å². The van der Waals surface area contributed by atoms with Crippen LogP contribution in [0, 0.1) is 28.4 Å². The van der Waals surface area contributed by atoms with Crippen molar-refractivity contribution >= 4 is 23.6 Å². The Morgan fingerprint density at radius 2 is 2.18 bits per heavy atom. The molecule has 0 unspecified atom stereocenters. The van der Waals surface area contributed by atoms with Crippen LogP contribution in [0.2, 0.25) is 0 Å². The van der Waals surface area contributed by atoms with Gasteiger partial charge in [-0.2, -0.15) is 5.26 Å². The van der Waals surface area contributed by atoms with E-state index in [1.54, 1.807) is 24.3 Å². The molecule has 0 saturated heterocycles. The van der Waals surface area contributed by atoms with E-state index in [-0.39, 0.29) is 11.3 Å². The highest BCUT2D eigenvalue weighted by Crippen LogP contribution is 2.18. The number of anilines is 1. The number of nitrogens with one attached hydrogen (secondary N) is 1. The molecule has 2 aromatic rings. The van der Waals surface area contributed by atoms with Crippen LogP contribution in [0.1, 0.15) is 11.3 Å². The molecule has 0 bridgehead atoms. The maximum atomic E-state index is 12.0. The van der Waals surface area contributed by atoms with Crippen LogP contribution in [0.3, 0.4) is 0 Å². The van der Waals surface area contributed by atoms with Gasteiger partial charge in [0.1, 0.15) is 22.3 Å². The zero-order valence-corrected chi connectivity index (χ0v) is 11.6. The van der Waals surface area contributed by atoms with Crippen LogP contribution in [0.25, 0.3) is 6.08 Å². The third-order valence-corrected chi connectivity index (χ3v) is 2.72. The fourth-order valence-corrected chi connectivity index (χ4v) is 1.73. The Kier molecular flexibility index (Phi) is 4.34. The molecule has 22 heavy (non-hydrogen) atoms. The van der Waals surface area contributed by atoms with E-state index in [0.29, 0.717) is 5.69 Å². The van der Waals surface area contributed by atoms with E-state index >= 15 is 0 Å². The van der Waals surface area contributed by atoms with E-state index in [9.17, 15) is 14.9 Å². The molecule has 0 aliphatic carbocycles. The van der Waals surface area contributed by atoms with Crippen molar-refractivity contribution in [1.29, 1.82) is 5.26 Å². The van der Waals surface area contributed by atoms with Crippen molar-refractivity contribution in [2.75, 3.05) is 5.32 Å².